The standard InChI is InChI=1S/C12H24OS/c1-4-7-12(11-14,8-5-2)10-13-9-6-3/h6,14H,3-5,7-11H2,1-2H3. The summed E-state index contributed by atoms with van der Waals surface area (Å²) in [5.41, 5.74) is 0.287. The van der Waals surface area contributed by atoms with Crippen LogP contribution in [-0.4, -0.2) is 19.0 Å². The van der Waals surface area contributed by atoms with E-state index in [9.17, 15) is 0 Å². The van der Waals surface area contributed by atoms with E-state index in [2.05, 4.69) is 33.1 Å². The Kier molecular flexibility index (Phi) is 8.40. The second-order valence-electron chi connectivity index (χ2n) is 3.96. The molecule has 0 heterocycles. The van der Waals surface area contributed by atoms with E-state index in [1.165, 1.54) is 25.7 Å². The summed E-state index contributed by atoms with van der Waals surface area (Å²) < 4.78 is 5.58. The summed E-state index contributed by atoms with van der Waals surface area (Å²) in [5, 5.41) is 0. The molecule has 0 atom stereocenters. The molecule has 0 saturated heterocycles. The molecule has 0 aromatic carbocycles. The lowest BCUT2D eigenvalue weighted by molar-refractivity contribution is 0.0609. The van der Waals surface area contributed by atoms with E-state index in [1.54, 1.807) is 6.08 Å². The van der Waals surface area contributed by atoms with E-state index < -0.39 is 0 Å². The third-order valence-corrected chi connectivity index (χ3v) is 3.21. The van der Waals surface area contributed by atoms with Crippen molar-refractivity contribution in [2.45, 2.75) is 39.5 Å². The monoisotopic (exact) mass is 216 g/mol. The van der Waals surface area contributed by atoms with Crippen molar-refractivity contribution in [1.29, 1.82) is 0 Å². The lowest BCUT2D eigenvalue weighted by Crippen LogP contribution is -2.29. The van der Waals surface area contributed by atoms with Crippen LogP contribution in [0.2, 0.25) is 0 Å². The van der Waals surface area contributed by atoms with Crippen LogP contribution in [0.1, 0.15) is 39.5 Å². The molecule has 0 rings (SSSR count). The first-order valence-electron chi connectivity index (χ1n) is 5.54. The second kappa shape index (κ2) is 8.37. The summed E-state index contributed by atoms with van der Waals surface area (Å²) in [6.45, 7) is 9.58. The van der Waals surface area contributed by atoms with Gasteiger partial charge in [0.1, 0.15) is 0 Å². The second-order valence-corrected chi connectivity index (χ2v) is 4.28. The molecule has 0 aliphatic carbocycles. The summed E-state index contributed by atoms with van der Waals surface area (Å²) in [6, 6.07) is 0. The van der Waals surface area contributed by atoms with Crippen LogP contribution in [0.4, 0.5) is 0 Å². The van der Waals surface area contributed by atoms with Crippen LogP contribution in [0.5, 0.6) is 0 Å². The molecule has 14 heavy (non-hydrogen) atoms. The molecule has 0 saturated carbocycles. The first-order chi connectivity index (χ1) is 6.74. The van der Waals surface area contributed by atoms with Gasteiger partial charge in [0.15, 0.2) is 0 Å². The van der Waals surface area contributed by atoms with E-state index in [0.717, 1.165) is 12.4 Å². The van der Waals surface area contributed by atoms with E-state index in [0.29, 0.717) is 6.61 Å². The first kappa shape index (κ1) is 14.1. The average molecular weight is 216 g/mol. The maximum absolute atomic E-state index is 5.58. The highest BCUT2D eigenvalue weighted by Crippen LogP contribution is 2.31. The SMILES string of the molecule is C=CCOCC(CS)(CCC)CCC. The summed E-state index contributed by atoms with van der Waals surface area (Å²) in [5.74, 6) is 0.922. The third-order valence-electron chi connectivity index (χ3n) is 2.54. The average Bonchev–Trinajstić information content (AvgIpc) is 2.19. The number of rotatable bonds is 9. The smallest absolute Gasteiger partial charge is 0.0645 e. The molecule has 0 aromatic rings. The molecule has 0 aliphatic heterocycles. The van der Waals surface area contributed by atoms with E-state index in [-0.39, 0.29) is 5.41 Å². The van der Waals surface area contributed by atoms with Crippen molar-refractivity contribution in [2.24, 2.45) is 5.41 Å². The van der Waals surface area contributed by atoms with Crippen LogP contribution in [-0.2, 0) is 4.74 Å². The fourth-order valence-corrected chi connectivity index (χ4v) is 2.30. The minimum Gasteiger partial charge on any atom is -0.377 e. The zero-order valence-corrected chi connectivity index (χ0v) is 10.5. The molecule has 0 aromatic heterocycles. The predicted molar refractivity (Wildman–Crippen MR) is 67.1 cm³/mol. The highest BCUT2D eigenvalue weighted by molar-refractivity contribution is 7.80. The summed E-state index contributed by atoms with van der Waals surface area (Å²) in [7, 11) is 0. The topological polar surface area (TPSA) is 9.23 Å². The van der Waals surface area contributed by atoms with Crippen LogP contribution in [0.15, 0.2) is 12.7 Å². The Morgan fingerprint density at radius 3 is 2.21 bits per heavy atom. The summed E-state index contributed by atoms with van der Waals surface area (Å²) in [6.07, 6.45) is 6.64. The maximum atomic E-state index is 5.58. The van der Waals surface area contributed by atoms with E-state index in [1.807, 2.05) is 0 Å². The first-order valence-corrected chi connectivity index (χ1v) is 6.17. The summed E-state index contributed by atoms with van der Waals surface area (Å²) >= 11 is 4.47. The van der Waals surface area contributed by atoms with Crippen molar-refractivity contribution in [1.82, 2.24) is 0 Å². The molecule has 84 valence electrons. The Morgan fingerprint density at radius 1 is 1.29 bits per heavy atom. The largest absolute Gasteiger partial charge is 0.377 e. The fourth-order valence-electron chi connectivity index (χ4n) is 1.89. The number of ether oxygens (including phenoxy) is 1. The van der Waals surface area contributed by atoms with Crippen LogP contribution in [0.3, 0.4) is 0 Å². The van der Waals surface area contributed by atoms with Crippen molar-refractivity contribution < 1.29 is 4.74 Å². The van der Waals surface area contributed by atoms with Gasteiger partial charge in [-0.2, -0.15) is 12.6 Å². The normalized spacial score (nSPS) is 11.6. The maximum Gasteiger partial charge on any atom is 0.0645 e. The molecular formula is C12H24OS. The van der Waals surface area contributed by atoms with Gasteiger partial charge >= 0.3 is 0 Å². The molecule has 2 heteroatoms. The Balaban J connectivity index is 4.09. The Morgan fingerprint density at radius 2 is 1.86 bits per heavy atom. The lowest BCUT2D eigenvalue weighted by atomic mass is 9.82. The molecule has 0 spiro atoms. The van der Waals surface area contributed by atoms with Crippen LogP contribution < -0.4 is 0 Å². The van der Waals surface area contributed by atoms with Gasteiger partial charge in [-0.15, -0.1) is 6.58 Å². The molecule has 0 N–H and O–H groups in total. The molecular weight excluding hydrogens is 192 g/mol. The Bertz CT molecular complexity index is 139. The van der Waals surface area contributed by atoms with E-state index >= 15 is 0 Å². The van der Waals surface area contributed by atoms with Crippen LogP contribution >= 0.6 is 12.6 Å². The number of thiol groups is 1. The van der Waals surface area contributed by atoms with Crippen LogP contribution in [0, 0.1) is 5.41 Å². The zero-order valence-electron chi connectivity index (χ0n) is 9.59. The molecule has 0 fully saturated rings. The third kappa shape index (κ3) is 5.06. The van der Waals surface area contributed by atoms with Gasteiger partial charge in [-0.05, 0) is 18.6 Å². The van der Waals surface area contributed by atoms with Gasteiger partial charge < -0.3 is 4.74 Å². The highest BCUT2D eigenvalue weighted by atomic mass is 32.1. The summed E-state index contributed by atoms with van der Waals surface area (Å²) in [4.78, 5) is 0. The molecule has 0 aliphatic rings. The molecule has 0 amide bonds. The number of hydrogen-bond donors (Lipinski definition) is 1. The Labute approximate surface area is 94.3 Å². The lowest BCUT2D eigenvalue weighted by Gasteiger charge is -2.31. The highest BCUT2D eigenvalue weighted by Gasteiger charge is 2.26. The van der Waals surface area contributed by atoms with Crippen molar-refractivity contribution >= 4 is 12.6 Å². The van der Waals surface area contributed by atoms with Crippen molar-refractivity contribution in [3.05, 3.63) is 12.7 Å². The minimum atomic E-state index is 0.287. The van der Waals surface area contributed by atoms with Gasteiger partial charge in [0.25, 0.3) is 0 Å². The quantitative estimate of drug-likeness (QED) is 0.351. The van der Waals surface area contributed by atoms with Gasteiger partial charge in [0, 0.05) is 5.41 Å². The van der Waals surface area contributed by atoms with Gasteiger partial charge in [-0.25, -0.2) is 0 Å². The zero-order chi connectivity index (χ0) is 10.9. The van der Waals surface area contributed by atoms with E-state index in [4.69, 9.17) is 4.74 Å². The van der Waals surface area contributed by atoms with Gasteiger partial charge in [0.05, 0.1) is 13.2 Å². The number of hydrogen-bond acceptors (Lipinski definition) is 2. The predicted octanol–water partition coefficient (Wildman–Crippen LogP) is 3.71. The fraction of sp³-hybridized carbons (Fsp3) is 0.833. The van der Waals surface area contributed by atoms with Gasteiger partial charge in [0.2, 0.25) is 0 Å². The molecule has 0 bridgehead atoms. The van der Waals surface area contributed by atoms with Gasteiger partial charge in [-0.3, -0.25) is 0 Å². The van der Waals surface area contributed by atoms with Crippen molar-refractivity contribution in [2.75, 3.05) is 19.0 Å². The Hall–Kier alpha value is 0.0500. The molecule has 1 nitrogen and oxygen atoms in total. The minimum absolute atomic E-state index is 0.287. The molecule has 0 unspecified atom stereocenters. The van der Waals surface area contributed by atoms with Crippen LogP contribution in [0.25, 0.3) is 0 Å². The molecule has 0 radical (unpaired) electrons. The van der Waals surface area contributed by atoms with Crippen molar-refractivity contribution in [3.8, 4) is 0 Å². The van der Waals surface area contributed by atoms with Gasteiger partial charge in [-0.1, -0.05) is 32.8 Å². The van der Waals surface area contributed by atoms with Crippen molar-refractivity contribution in [3.63, 3.8) is 0 Å².